The zero-order valence-corrected chi connectivity index (χ0v) is 24.5. The number of ketones is 1. The Morgan fingerprint density at radius 3 is 2.49 bits per heavy atom. The summed E-state index contributed by atoms with van der Waals surface area (Å²) in [4.78, 5) is 12.6. The molecule has 9 heteroatoms. The second-order valence-corrected chi connectivity index (χ2v) is 15.0. The maximum atomic E-state index is 13.7. The number of aliphatic hydroxyl groups excluding tert-OH is 2. The van der Waals surface area contributed by atoms with Crippen molar-refractivity contribution in [2.45, 2.75) is 126 Å². The number of rotatable bonds is 3. The summed E-state index contributed by atoms with van der Waals surface area (Å²) in [6.45, 7) is 12.1. The molecule has 3 aliphatic heterocycles. The summed E-state index contributed by atoms with van der Waals surface area (Å²) in [6, 6.07) is 0. The van der Waals surface area contributed by atoms with Gasteiger partial charge >= 0.3 is 0 Å². The van der Waals surface area contributed by atoms with E-state index in [1.165, 1.54) is 0 Å². The van der Waals surface area contributed by atoms with Crippen LogP contribution in [0.3, 0.4) is 0 Å². The van der Waals surface area contributed by atoms with E-state index in [2.05, 4.69) is 6.92 Å². The van der Waals surface area contributed by atoms with Gasteiger partial charge in [-0.1, -0.05) is 26.8 Å². The Labute approximate surface area is 235 Å². The fraction of sp³-hybridized carbons (Fsp3) is 0.900. The Morgan fingerprint density at radius 2 is 1.87 bits per heavy atom. The number of alkyl halides is 1. The molecule has 0 bridgehead atoms. The van der Waals surface area contributed by atoms with Gasteiger partial charge in [0, 0.05) is 18.9 Å². The number of carbonyl (C=O) groups excluding carboxylic acids is 1. The molecule has 8 nitrogen and oxygen atoms in total. The predicted octanol–water partition coefficient (Wildman–Crippen LogP) is 3.08. The summed E-state index contributed by atoms with van der Waals surface area (Å²) in [6.07, 6.45) is 2.78. The van der Waals surface area contributed by atoms with Crippen LogP contribution in [0, 0.1) is 34.5 Å². The monoisotopic (exact) mass is 566 g/mol. The first kappa shape index (κ1) is 27.3. The van der Waals surface area contributed by atoms with Crippen LogP contribution in [0.2, 0.25) is 0 Å². The van der Waals surface area contributed by atoms with Crippen LogP contribution in [0.25, 0.3) is 0 Å². The van der Waals surface area contributed by atoms with Crippen LogP contribution >= 0.6 is 11.6 Å². The molecule has 4 aliphatic carbocycles. The topological polar surface area (TPSA) is 118 Å². The van der Waals surface area contributed by atoms with Crippen LogP contribution in [0.15, 0.2) is 12.2 Å². The Hall–Kier alpha value is -0.580. The number of carbonyl (C=O) groups is 1. The van der Waals surface area contributed by atoms with Gasteiger partial charge in [-0.2, -0.15) is 0 Å². The summed E-state index contributed by atoms with van der Waals surface area (Å²) in [7, 11) is 0. The van der Waals surface area contributed by atoms with E-state index in [9.17, 15) is 20.1 Å². The minimum absolute atomic E-state index is 0.0237. The minimum atomic E-state index is -1.22. The van der Waals surface area contributed by atoms with Crippen molar-refractivity contribution in [3.8, 4) is 0 Å². The third-order valence-electron chi connectivity index (χ3n) is 13.5. The largest absolute Gasteiger partial charge is 0.391 e. The highest BCUT2D eigenvalue weighted by Crippen LogP contribution is 2.76. The van der Waals surface area contributed by atoms with Gasteiger partial charge in [0.25, 0.3) is 0 Å². The lowest BCUT2D eigenvalue weighted by molar-refractivity contribution is -0.432. The fourth-order valence-electron chi connectivity index (χ4n) is 10.8. The van der Waals surface area contributed by atoms with Gasteiger partial charge in [0.2, 0.25) is 0 Å². The lowest BCUT2D eigenvalue weighted by Crippen LogP contribution is -2.78. The van der Waals surface area contributed by atoms with Crippen LogP contribution in [-0.2, 0) is 23.7 Å². The van der Waals surface area contributed by atoms with E-state index < -0.39 is 62.9 Å². The maximum Gasteiger partial charge on any atom is 0.187 e. The summed E-state index contributed by atoms with van der Waals surface area (Å²) in [5, 5.41) is 34.9. The lowest BCUT2D eigenvalue weighted by atomic mass is 9.41. The molecular weight excluding hydrogens is 524 g/mol. The Morgan fingerprint density at radius 1 is 1.15 bits per heavy atom. The van der Waals surface area contributed by atoms with Crippen LogP contribution in [-0.4, -0.2) is 79.8 Å². The van der Waals surface area contributed by atoms with E-state index in [4.69, 9.17) is 30.5 Å². The fourth-order valence-corrected chi connectivity index (χ4v) is 11.3. The SMILES string of the molecule is CCO[C@@]12C[C@H]3[C@@H](C[C@@H](O)[C@@]4(Cl)CC=CC(=O)[C@]34C)[C@@H]3CC[C@@](O)([C@H](C)[C@@H]([C@@H]4O[C@H](O)[C@@]5(C)O[C@@]45C)O1)[C@]32C. The van der Waals surface area contributed by atoms with Crippen LogP contribution in [0.4, 0.5) is 0 Å². The Kier molecular flexibility index (Phi) is 5.37. The molecule has 7 rings (SSSR count). The van der Waals surface area contributed by atoms with Crippen LogP contribution < -0.4 is 0 Å². The van der Waals surface area contributed by atoms with Gasteiger partial charge in [0.15, 0.2) is 17.9 Å². The second kappa shape index (κ2) is 7.67. The highest BCUT2D eigenvalue weighted by molar-refractivity contribution is 6.28. The van der Waals surface area contributed by atoms with Gasteiger partial charge in [-0.15, -0.1) is 11.6 Å². The normalized spacial score (nSPS) is 64.7. The lowest BCUT2D eigenvalue weighted by Gasteiger charge is -2.70. The molecule has 0 unspecified atom stereocenters. The number of hydrogen-bond acceptors (Lipinski definition) is 8. The molecule has 0 aromatic rings. The smallest absolute Gasteiger partial charge is 0.187 e. The van der Waals surface area contributed by atoms with Crippen molar-refractivity contribution >= 4 is 17.4 Å². The number of allylic oxidation sites excluding steroid dienone is 2. The molecule has 3 saturated carbocycles. The number of ether oxygens (including phenoxy) is 4. The van der Waals surface area contributed by atoms with E-state index in [1.54, 1.807) is 12.2 Å². The van der Waals surface area contributed by atoms with Crippen LogP contribution in [0.5, 0.6) is 0 Å². The predicted molar refractivity (Wildman–Crippen MR) is 141 cm³/mol. The third kappa shape index (κ3) is 2.68. The molecule has 6 fully saturated rings. The molecule has 0 spiro atoms. The number of epoxide rings is 1. The van der Waals surface area contributed by atoms with Crippen LogP contribution in [0.1, 0.15) is 73.6 Å². The number of halogens is 1. The second-order valence-electron chi connectivity index (χ2n) is 14.3. The quantitative estimate of drug-likeness (QED) is 0.352. The highest BCUT2D eigenvalue weighted by atomic mass is 35.5. The first-order chi connectivity index (χ1) is 18.1. The average molecular weight is 567 g/mol. The molecule has 15 atom stereocenters. The minimum Gasteiger partial charge on any atom is -0.391 e. The number of aliphatic hydroxyl groups is 3. The Bertz CT molecular complexity index is 1150. The average Bonchev–Trinajstić information content (AvgIpc) is 3.25. The molecule has 0 aromatic heterocycles. The first-order valence-corrected chi connectivity index (χ1v) is 15.1. The molecule has 3 N–H and O–H groups in total. The van der Waals surface area contributed by atoms with Crippen molar-refractivity contribution in [3.05, 3.63) is 12.2 Å². The first-order valence-electron chi connectivity index (χ1n) is 14.8. The molecule has 3 saturated heterocycles. The maximum absolute atomic E-state index is 13.7. The zero-order chi connectivity index (χ0) is 28.2. The van der Waals surface area contributed by atoms with Crippen molar-refractivity contribution in [1.29, 1.82) is 0 Å². The number of fused-ring (bicyclic) bond motifs is 5. The molecule has 0 radical (unpaired) electrons. The summed E-state index contributed by atoms with van der Waals surface area (Å²) >= 11 is 7.26. The zero-order valence-electron chi connectivity index (χ0n) is 23.8. The van der Waals surface area contributed by atoms with E-state index in [1.807, 2.05) is 34.6 Å². The third-order valence-corrected chi connectivity index (χ3v) is 14.3. The number of hydrogen-bond donors (Lipinski definition) is 3. The standard InChI is InChI=1S/C30H43ClO8/c1-7-36-30-14-18-16(13-20(33)28(31)11-8-9-19(32)24(18,28)3)17-10-12-29(35,25(17,30)4)15(2)21(38-30)22-26(5)27(6,39-26)23(34)37-22/h8-9,15-18,20-23,33-35H,7,10-14H2,1-6H3/t15-,16+,17+,18+,20-,21+,22+,23+,24+,25+,26+,27-,28+,29-,30+/m1/s1. The van der Waals surface area contributed by atoms with Gasteiger partial charge in [0.05, 0.1) is 33.5 Å². The highest BCUT2D eigenvalue weighted by Gasteiger charge is 2.84. The molecule has 7 aliphatic rings. The van der Waals surface area contributed by atoms with Gasteiger partial charge in [0.1, 0.15) is 17.3 Å². The molecule has 0 aromatic carbocycles. The summed E-state index contributed by atoms with van der Waals surface area (Å²) < 4.78 is 26.0. The molecular formula is C30H43ClO8. The summed E-state index contributed by atoms with van der Waals surface area (Å²) in [5.41, 5.74) is -4.56. The van der Waals surface area contributed by atoms with Gasteiger partial charge in [-0.05, 0) is 70.3 Å². The Balaban J connectivity index is 1.38. The van der Waals surface area contributed by atoms with Gasteiger partial charge < -0.3 is 34.3 Å². The van der Waals surface area contributed by atoms with Crippen molar-refractivity contribution in [2.24, 2.45) is 34.5 Å². The molecule has 0 amide bonds. The van der Waals surface area contributed by atoms with Gasteiger partial charge in [-0.3, -0.25) is 4.79 Å². The van der Waals surface area contributed by atoms with E-state index in [0.29, 0.717) is 32.3 Å². The van der Waals surface area contributed by atoms with Gasteiger partial charge in [-0.25, -0.2) is 0 Å². The van der Waals surface area contributed by atoms with Crippen molar-refractivity contribution in [1.82, 2.24) is 0 Å². The summed E-state index contributed by atoms with van der Waals surface area (Å²) in [5.74, 6) is -1.92. The van der Waals surface area contributed by atoms with E-state index >= 15 is 0 Å². The van der Waals surface area contributed by atoms with Crippen molar-refractivity contribution in [2.75, 3.05) is 6.61 Å². The van der Waals surface area contributed by atoms with Crippen molar-refractivity contribution < 1.29 is 39.1 Å². The van der Waals surface area contributed by atoms with E-state index in [-0.39, 0.29) is 29.5 Å². The molecule has 39 heavy (non-hydrogen) atoms. The van der Waals surface area contributed by atoms with Crippen molar-refractivity contribution in [3.63, 3.8) is 0 Å². The van der Waals surface area contributed by atoms with E-state index in [0.717, 1.165) is 6.42 Å². The molecule has 218 valence electrons. The molecule has 3 heterocycles.